The van der Waals surface area contributed by atoms with Crippen LogP contribution in [0.2, 0.25) is 0 Å². The Bertz CT molecular complexity index is 764. The fraction of sp³-hybridized carbons (Fsp3) is 0.682. The molecule has 4 nitrogen and oxygen atoms in total. The zero-order chi connectivity index (χ0) is 23.6. The van der Waals surface area contributed by atoms with Crippen LogP contribution in [0.1, 0.15) is 49.3 Å². The molecule has 0 bridgehead atoms. The second-order valence-electron chi connectivity index (χ2n) is 8.96. The van der Waals surface area contributed by atoms with Gasteiger partial charge in [0.15, 0.2) is 0 Å². The van der Waals surface area contributed by atoms with Crippen LogP contribution in [0.15, 0.2) is 18.2 Å². The van der Waals surface area contributed by atoms with E-state index in [1.807, 2.05) is 6.92 Å². The van der Waals surface area contributed by atoms with Crippen molar-refractivity contribution in [2.75, 3.05) is 26.3 Å². The molecule has 10 heteroatoms. The third-order valence-corrected chi connectivity index (χ3v) is 6.51. The number of alkyl halides is 6. The van der Waals surface area contributed by atoms with E-state index in [1.165, 1.54) is 0 Å². The number of hydrogen-bond donors (Lipinski definition) is 2. The van der Waals surface area contributed by atoms with Crippen molar-refractivity contribution in [1.82, 2.24) is 10.6 Å². The van der Waals surface area contributed by atoms with Crippen molar-refractivity contribution in [3.63, 3.8) is 0 Å². The maximum atomic E-state index is 13.3. The number of piperidine rings is 1. The first-order valence-electron chi connectivity index (χ1n) is 10.8. The minimum atomic E-state index is -4.91. The Morgan fingerprint density at radius 3 is 2.09 bits per heavy atom. The molecule has 1 aromatic rings. The third-order valence-electron chi connectivity index (χ3n) is 6.51. The second kappa shape index (κ2) is 9.59. The summed E-state index contributed by atoms with van der Waals surface area (Å²) < 4.78 is 85.0. The fourth-order valence-electron chi connectivity index (χ4n) is 4.39. The second-order valence-corrected chi connectivity index (χ2v) is 8.96. The number of ether oxygens (including phenoxy) is 1. The number of benzene rings is 1. The molecule has 1 aromatic carbocycles. The maximum Gasteiger partial charge on any atom is 0.416 e. The van der Waals surface area contributed by atoms with Crippen molar-refractivity contribution in [1.29, 1.82) is 0 Å². The molecule has 1 atom stereocenters. The standard InChI is InChI=1S/C22H28F6N2O2/c1-20(4-6-29-7-5-20)19(31)30-18(15-2-8-32-9-3-15)12-14-10-16(21(23,24)25)13-17(11-14)22(26,27)28/h10-11,13,15,18,29H,2-9,12H2,1H3,(H,30,31). The number of halogens is 6. The lowest BCUT2D eigenvalue weighted by molar-refractivity contribution is -0.143. The Morgan fingerprint density at radius 1 is 1.06 bits per heavy atom. The SMILES string of the molecule is CC1(C(=O)NC(Cc2cc(C(F)(F)F)cc(C(F)(F)F)c2)C2CCOCC2)CCNCC1. The number of amides is 1. The predicted octanol–water partition coefficient (Wildman–Crippen LogP) is 4.57. The van der Waals surface area contributed by atoms with Gasteiger partial charge in [0.05, 0.1) is 11.1 Å². The maximum absolute atomic E-state index is 13.3. The van der Waals surface area contributed by atoms with E-state index in [0.717, 1.165) is 12.1 Å². The number of carbonyl (C=O) groups excluding carboxylic acids is 1. The van der Waals surface area contributed by atoms with E-state index in [-0.39, 0.29) is 29.9 Å². The van der Waals surface area contributed by atoms with Gasteiger partial charge in [-0.25, -0.2) is 0 Å². The lowest BCUT2D eigenvalue weighted by Gasteiger charge is -2.37. The Labute approximate surface area is 183 Å². The zero-order valence-electron chi connectivity index (χ0n) is 17.8. The van der Waals surface area contributed by atoms with Crippen LogP contribution in [0.5, 0.6) is 0 Å². The quantitative estimate of drug-likeness (QED) is 0.626. The van der Waals surface area contributed by atoms with Crippen molar-refractivity contribution in [2.24, 2.45) is 11.3 Å². The summed E-state index contributed by atoms with van der Waals surface area (Å²) in [4.78, 5) is 13.1. The van der Waals surface area contributed by atoms with E-state index in [9.17, 15) is 31.1 Å². The molecule has 0 aliphatic carbocycles. The molecule has 0 aromatic heterocycles. The largest absolute Gasteiger partial charge is 0.416 e. The molecule has 2 aliphatic rings. The smallest absolute Gasteiger partial charge is 0.381 e. The molecule has 32 heavy (non-hydrogen) atoms. The molecule has 2 N–H and O–H groups in total. The fourth-order valence-corrected chi connectivity index (χ4v) is 4.39. The molecule has 180 valence electrons. The summed E-state index contributed by atoms with van der Waals surface area (Å²) in [5.41, 5.74) is -3.41. The minimum Gasteiger partial charge on any atom is -0.381 e. The molecule has 1 amide bonds. The highest BCUT2D eigenvalue weighted by atomic mass is 19.4. The van der Waals surface area contributed by atoms with E-state index in [1.54, 1.807) is 0 Å². The molecule has 3 rings (SSSR count). The molecular weight excluding hydrogens is 438 g/mol. The summed E-state index contributed by atoms with van der Waals surface area (Å²) in [6, 6.07) is 1.05. The predicted molar refractivity (Wildman–Crippen MR) is 106 cm³/mol. The molecule has 0 radical (unpaired) electrons. The molecule has 2 fully saturated rings. The summed E-state index contributed by atoms with van der Waals surface area (Å²) in [6.07, 6.45) is -7.55. The van der Waals surface area contributed by atoms with Gasteiger partial charge >= 0.3 is 12.4 Å². The first-order valence-corrected chi connectivity index (χ1v) is 10.8. The summed E-state index contributed by atoms with van der Waals surface area (Å²) in [7, 11) is 0. The lowest BCUT2D eigenvalue weighted by Crippen LogP contribution is -2.51. The molecule has 0 saturated carbocycles. The van der Waals surface area contributed by atoms with Crippen molar-refractivity contribution in [3.8, 4) is 0 Å². The first-order chi connectivity index (χ1) is 14.9. The van der Waals surface area contributed by atoms with Gasteiger partial charge < -0.3 is 15.4 Å². The Morgan fingerprint density at radius 2 is 1.59 bits per heavy atom. The number of carbonyl (C=O) groups is 1. The average Bonchev–Trinajstić information content (AvgIpc) is 2.73. The van der Waals surface area contributed by atoms with Crippen LogP contribution in [-0.4, -0.2) is 38.3 Å². The summed E-state index contributed by atoms with van der Waals surface area (Å²) >= 11 is 0. The van der Waals surface area contributed by atoms with Gasteiger partial charge in [0.1, 0.15) is 0 Å². The third kappa shape index (κ3) is 6.15. The molecule has 2 aliphatic heterocycles. The van der Waals surface area contributed by atoms with Gasteiger partial charge in [0.2, 0.25) is 5.91 Å². The number of nitrogens with one attached hydrogen (secondary N) is 2. The highest BCUT2D eigenvalue weighted by Crippen LogP contribution is 2.37. The summed E-state index contributed by atoms with van der Waals surface area (Å²) in [6.45, 7) is 4.07. The van der Waals surface area contributed by atoms with Crippen molar-refractivity contribution in [3.05, 3.63) is 34.9 Å². The zero-order valence-corrected chi connectivity index (χ0v) is 17.8. The van der Waals surface area contributed by atoms with E-state index in [0.29, 0.717) is 52.0 Å². The van der Waals surface area contributed by atoms with Gasteiger partial charge in [-0.2, -0.15) is 26.3 Å². The Balaban J connectivity index is 1.89. The van der Waals surface area contributed by atoms with E-state index < -0.39 is 34.9 Å². The molecule has 2 saturated heterocycles. The van der Waals surface area contributed by atoms with Gasteiger partial charge in [0, 0.05) is 24.7 Å². The monoisotopic (exact) mass is 466 g/mol. The Kier molecular flexibility index (Phi) is 7.44. The van der Waals surface area contributed by atoms with Gasteiger partial charge in [-0.3, -0.25) is 4.79 Å². The summed E-state index contributed by atoms with van der Waals surface area (Å²) in [5.74, 6) is -0.305. The van der Waals surface area contributed by atoms with Gasteiger partial charge in [0.25, 0.3) is 0 Å². The topological polar surface area (TPSA) is 50.4 Å². The summed E-state index contributed by atoms with van der Waals surface area (Å²) in [5, 5.41) is 6.16. The normalized spacial score (nSPS) is 21.2. The van der Waals surface area contributed by atoms with Crippen LogP contribution in [-0.2, 0) is 28.3 Å². The highest BCUT2D eigenvalue weighted by molar-refractivity contribution is 5.82. The van der Waals surface area contributed by atoms with Crippen LogP contribution in [0, 0.1) is 11.3 Å². The number of rotatable bonds is 5. The highest BCUT2D eigenvalue weighted by Gasteiger charge is 2.39. The van der Waals surface area contributed by atoms with Crippen LogP contribution in [0.4, 0.5) is 26.3 Å². The molecular formula is C22H28F6N2O2. The molecule has 1 unspecified atom stereocenters. The van der Waals surface area contributed by atoms with Crippen molar-refractivity contribution in [2.45, 2.75) is 57.4 Å². The van der Waals surface area contributed by atoms with Crippen LogP contribution in [0.25, 0.3) is 0 Å². The van der Waals surface area contributed by atoms with Crippen molar-refractivity contribution < 1.29 is 35.9 Å². The van der Waals surface area contributed by atoms with Gasteiger partial charge in [-0.1, -0.05) is 6.92 Å². The molecule has 2 heterocycles. The Hall–Kier alpha value is -1.81. The average molecular weight is 466 g/mol. The van der Waals surface area contributed by atoms with Gasteiger partial charge in [-0.05, 0) is 74.9 Å². The lowest BCUT2D eigenvalue weighted by atomic mass is 9.79. The molecule has 0 spiro atoms. The minimum absolute atomic E-state index is 0.0955. The first kappa shape index (κ1) is 24.8. The van der Waals surface area contributed by atoms with Gasteiger partial charge in [-0.15, -0.1) is 0 Å². The number of hydrogen-bond acceptors (Lipinski definition) is 3. The van der Waals surface area contributed by atoms with Crippen LogP contribution >= 0.6 is 0 Å². The van der Waals surface area contributed by atoms with E-state index in [4.69, 9.17) is 4.74 Å². The van der Waals surface area contributed by atoms with Crippen molar-refractivity contribution >= 4 is 5.91 Å². The van der Waals surface area contributed by atoms with E-state index in [2.05, 4.69) is 10.6 Å². The van der Waals surface area contributed by atoms with Crippen LogP contribution < -0.4 is 10.6 Å². The van der Waals surface area contributed by atoms with E-state index >= 15 is 0 Å². The van der Waals surface area contributed by atoms with Crippen LogP contribution in [0.3, 0.4) is 0 Å².